The minimum atomic E-state index is 0.176. The average Bonchev–Trinajstić information content (AvgIpc) is 2.68. The van der Waals surface area contributed by atoms with Gasteiger partial charge in [0.2, 0.25) is 0 Å². The molecule has 3 unspecified atom stereocenters. The molecule has 2 rings (SSSR count). The molecule has 1 N–H and O–H groups in total. The molecule has 1 heterocycles. The first kappa shape index (κ1) is 13.2. The number of halogens is 2. The molecule has 0 aromatic heterocycles. The van der Waals surface area contributed by atoms with Crippen LogP contribution in [0.15, 0.2) is 18.2 Å². The van der Waals surface area contributed by atoms with Crippen molar-refractivity contribution in [1.29, 1.82) is 0 Å². The van der Waals surface area contributed by atoms with E-state index in [1.165, 1.54) is 0 Å². The fourth-order valence-corrected chi connectivity index (χ4v) is 2.69. The minimum absolute atomic E-state index is 0.176. The van der Waals surface area contributed by atoms with E-state index in [9.17, 15) is 0 Å². The molecule has 1 aliphatic heterocycles. The summed E-state index contributed by atoms with van der Waals surface area (Å²) in [5.41, 5.74) is 1.04. The normalized spacial score (nSPS) is 26.1. The van der Waals surface area contributed by atoms with Gasteiger partial charge in [0, 0.05) is 18.7 Å². The third-order valence-electron chi connectivity index (χ3n) is 3.29. The van der Waals surface area contributed by atoms with E-state index in [0.717, 1.165) is 18.6 Å². The van der Waals surface area contributed by atoms with Gasteiger partial charge in [-0.25, -0.2) is 0 Å². The van der Waals surface area contributed by atoms with E-state index in [1.54, 1.807) is 6.07 Å². The Kier molecular flexibility index (Phi) is 4.31. The summed E-state index contributed by atoms with van der Waals surface area (Å²) in [5, 5.41) is 4.79. The first-order valence-electron chi connectivity index (χ1n) is 5.91. The molecule has 0 saturated carbocycles. The van der Waals surface area contributed by atoms with Gasteiger partial charge < -0.3 is 10.1 Å². The molecule has 1 fully saturated rings. The predicted octanol–water partition coefficient (Wildman–Crippen LogP) is 3.82. The van der Waals surface area contributed by atoms with Gasteiger partial charge in [-0.3, -0.25) is 0 Å². The molecule has 0 aliphatic carbocycles. The lowest BCUT2D eigenvalue weighted by molar-refractivity contribution is 0.111. The summed E-state index contributed by atoms with van der Waals surface area (Å²) in [4.78, 5) is 0. The Morgan fingerprint density at radius 3 is 2.82 bits per heavy atom. The van der Waals surface area contributed by atoms with Crippen molar-refractivity contribution in [3.8, 4) is 0 Å². The smallest absolute Gasteiger partial charge is 0.0700 e. The van der Waals surface area contributed by atoms with E-state index in [4.69, 9.17) is 27.9 Å². The first-order valence-corrected chi connectivity index (χ1v) is 6.66. The molecule has 0 bridgehead atoms. The Bertz CT molecular complexity index is 397. The monoisotopic (exact) mass is 273 g/mol. The molecule has 0 radical (unpaired) electrons. The van der Waals surface area contributed by atoms with Gasteiger partial charge in [-0.2, -0.15) is 0 Å². The molecule has 94 valence electrons. The van der Waals surface area contributed by atoms with Gasteiger partial charge in [0.1, 0.15) is 0 Å². The number of hydrogen-bond donors (Lipinski definition) is 1. The van der Waals surface area contributed by atoms with Gasteiger partial charge in [0.05, 0.1) is 16.1 Å². The summed E-state index contributed by atoms with van der Waals surface area (Å²) < 4.78 is 5.53. The molecule has 1 aromatic carbocycles. The second kappa shape index (κ2) is 5.57. The zero-order chi connectivity index (χ0) is 12.4. The topological polar surface area (TPSA) is 21.3 Å². The van der Waals surface area contributed by atoms with Crippen molar-refractivity contribution >= 4 is 23.2 Å². The van der Waals surface area contributed by atoms with Crippen molar-refractivity contribution in [3.05, 3.63) is 33.8 Å². The van der Waals surface area contributed by atoms with Crippen LogP contribution in [0.4, 0.5) is 0 Å². The fourth-order valence-electron chi connectivity index (χ4n) is 2.22. The average molecular weight is 274 g/mol. The third kappa shape index (κ3) is 2.94. The van der Waals surface area contributed by atoms with Gasteiger partial charge in [-0.15, -0.1) is 0 Å². The maximum Gasteiger partial charge on any atom is 0.0700 e. The third-order valence-corrected chi connectivity index (χ3v) is 4.12. The van der Waals surface area contributed by atoms with Crippen LogP contribution in [0.5, 0.6) is 0 Å². The Morgan fingerprint density at radius 2 is 2.18 bits per heavy atom. The summed E-state index contributed by atoms with van der Waals surface area (Å²) in [6.07, 6.45) is 1.30. The summed E-state index contributed by atoms with van der Waals surface area (Å²) in [6.45, 7) is 5.02. The molecular formula is C13H17Cl2NO. The van der Waals surface area contributed by atoms with Crippen LogP contribution in [-0.4, -0.2) is 18.8 Å². The number of hydrogen-bond acceptors (Lipinski definition) is 2. The molecule has 2 nitrogen and oxygen atoms in total. The predicted molar refractivity (Wildman–Crippen MR) is 71.8 cm³/mol. The van der Waals surface area contributed by atoms with Crippen molar-refractivity contribution in [2.24, 2.45) is 0 Å². The highest BCUT2D eigenvalue weighted by atomic mass is 35.5. The van der Waals surface area contributed by atoms with Crippen LogP contribution < -0.4 is 5.32 Å². The maximum atomic E-state index is 6.21. The van der Waals surface area contributed by atoms with Crippen LogP contribution in [0, 0.1) is 0 Å². The Balaban J connectivity index is 2.09. The Hall–Kier alpha value is -0.280. The maximum absolute atomic E-state index is 6.21. The minimum Gasteiger partial charge on any atom is -0.377 e. The number of rotatable bonds is 3. The van der Waals surface area contributed by atoms with E-state index in [1.807, 2.05) is 12.1 Å². The standard InChI is InChI=1S/C13H17Cl2NO/c1-8(16-12-6-7-17-9(12)2)10-4-3-5-11(14)13(10)15/h3-5,8-9,12,16H,6-7H2,1-2H3. The van der Waals surface area contributed by atoms with Crippen molar-refractivity contribution < 1.29 is 4.74 Å². The summed E-state index contributed by atoms with van der Waals surface area (Å²) in [6, 6.07) is 6.31. The second-order valence-corrected chi connectivity index (χ2v) is 5.29. The lowest BCUT2D eigenvalue weighted by Crippen LogP contribution is -2.36. The molecule has 4 heteroatoms. The van der Waals surface area contributed by atoms with Crippen LogP contribution in [0.3, 0.4) is 0 Å². The lowest BCUT2D eigenvalue weighted by atomic mass is 10.1. The molecule has 17 heavy (non-hydrogen) atoms. The summed E-state index contributed by atoms with van der Waals surface area (Å²) in [7, 11) is 0. The summed E-state index contributed by atoms with van der Waals surface area (Å²) >= 11 is 12.2. The molecule has 1 saturated heterocycles. The Morgan fingerprint density at radius 1 is 1.41 bits per heavy atom. The van der Waals surface area contributed by atoms with Gasteiger partial charge in [0.25, 0.3) is 0 Å². The molecule has 1 aromatic rings. The van der Waals surface area contributed by atoms with Crippen LogP contribution in [0.1, 0.15) is 31.9 Å². The Labute approximate surface area is 112 Å². The highest BCUT2D eigenvalue weighted by molar-refractivity contribution is 6.42. The van der Waals surface area contributed by atoms with E-state index >= 15 is 0 Å². The van der Waals surface area contributed by atoms with E-state index < -0.39 is 0 Å². The van der Waals surface area contributed by atoms with E-state index in [2.05, 4.69) is 19.2 Å². The van der Waals surface area contributed by atoms with Gasteiger partial charge in [-0.1, -0.05) is 35.3 Å². The van der Waals surface area contributed by atoms with Crippen LogP contribution in [0.25, 0.3) is 0 Å². The van der Waals surface area contributed by atoms with E-state index in [-0.39, 0.29) is 12.1 Å². The fraction of sp³-hybridized carbons (Fsp3) is 0.538. The second-order valence-electron chi connectivity index (χ2n) is 4.50. The largest absolute Gasteiger partial charge is 0.377 e. The van der Waals surface area contributed by atoms with Crippen molar-refractivity contribution in [3.63, 3.8) is 0 Å². The lowest BCUT2D eigenvalue weighted by Gasteiger charge is -2.23. The highest BCUT2D eigenvalue weighted by Gasteiger charge is 2.26. The van der Waals surface area contributed by atoms with Crippen molar-refractivity contribution in [1.82, 2.24) is 5.32 Å². The SMILES string of the molecule is CC(NC1CCOC1C)c1cccc(Cl)c1Cl. The number of benzene rings is 1. The van der Waals surface area contributed by atoms with Gasteiger partial charge in [0.15, 0.2) is 0 Å². The van der Waals surface area contributed by atoms with Crippen molar-refractivity contribution in [2.45, 2.75) is 38.5 Å². The zero-order valence-electron chi connectivity index (χ0n) is 10.0. The summed E-state index contributed by atoms with van der Waals surface area (Å²) in [5.74, 6) is 0. The van der Waals surface area contributed by atoms with Crippen LogP contribution in [-0.2, 0) is 4.74 Å². The number of ether oxygens (including phenoxy) is 1. The molecule has 0 spiro atoms. The van der Waals surface area contributed by atoms with Gasteiger partial charge >= 0.3 is 0 Å². The first-order chi connectivity index (χ1) is 8.09. The highest BCUT2D eigenvalue weighted by Crippen LogP contribution is 2.30. The van der Waals surface area contributed by atoms with Gasteiger partial charge in [-0.05, 0) is 31.9 Å². The zero-order valence-corrected chi connectivity index (χ0v) is 11.6. The molecule has 1 aliphatic rings. The van der Waals surface area contributed by atoms with E-state index in [0.29, 0.717) is 16.1 Å². The molecule has 0 amide bonds. The number of nitrogens with one attached hydrogen (secondary N) is 1. The molecule has 3 atom stereocenters. The quantitative estimate of drug-likeness (QED) is 0.904. The van der Waals surface area contributed by atoms with Crippen LogP contribution in [0.2, 0.25) is 10.0 Å². The molecular weight excluding hydrogens is 257 g/mol. The van der Waals surface area contributed by atoms with Crippen molar-refractivity contribution in [2.75, 3.05) is 6.61 Å². The van der Waals surface area contributed by atoms with Crippen LogP contribution >= 0.6 is 23.2 Å².